The number of pyridine rings is 1. The predicted molar refractivity (Wildman–Crippen MR) is 146 cm³/mol. The van der Waals surface area contributed by atoms with Crippen LogP contribution in [0.4, 0.5) is 23.2 Å². The number of aromatic nitrogens is 1. The average molecular weight is 600 g/mol. The van der Waals surface area contributed by atoms with Gasteiger partial charge in [-0.15, -0.1) is 13.2 Å². The number of anilines is 1. The molecule has 1 aliphatic rings. The lowest BCUT2D eigenvalue weighted by molar-refractivity contribution is -0.275. The number of hydrogen-bond acceptors (Lipinski definition) is 5. The lowest BCUT2D eigenvalue weighted by Gasteiger charge is -2.24. The van der Waals surface area contributed by atoms with Crippen molar-refractivity contribution in [3.63, 3.8) is 0 Å². The van der Waals surface area contributed by atoms with Crippen molar-refractivity contribution in [3.05, 3.63) is 120 Å². The Labute approximate surface area is 239 Å². The molecule has 7 nitrogen and oxygen atoms in total. The van der Waals surface area contributed by atoms with Gasteiger partial charge < -0.3 is 10.1 Å². The van der Waals surface area contributed by atoms with Crippen LogP contribution in [0.3, 0.4) is 0 Å². The first kappa shape index (κ1) is 29.2. The van der Waals surface area contributed by atoms with E-state index in [1.807, 2.05) is 12.1 Å². The van der Waals surface area contributed by atoms with Crippen molar-refractivity contribution in [1.29, 1.82) is 0 Å². The molecule has 4 aromatic rings. The molecule has 0 spiro atoms. The van der Waals surface area contributed by atoms with Crippen molar-refractivity contribution in [1.82, 2.24) is 9.29 Å². The minimum Gasteiger partial charge on any atom is -0.405 e. The summed E-state index contributed by atoms with van der Waals surface area (Å²) in [6.45, 7) is -0.706. The number of halogens is 4. The summed E-state index contributed by atoms with van der Waals surface area (Å²) in [5.74, 6) is -1.36. The molecule has 1 amide bonds. The fourth-order valence-electron chi connectivity index (χ4n) is 4.63. The van der Waals surface area contributed by atoms with Gasteiger partial charge in [-0.2, -0.15) is 4.31 Å². The van der Waals surface area contributed by atoms with Gasteiger partial charge in [-0.05, 0) is 78.1 Å². The summed E-state index contributed by atoms with van der Waals surface area (Å²) in [6, 6.07) is 19.6. The van der Waals surface area contributed by atoms with Crippen LogP contribution < -0.4 is 10.1 Å². The molecule has 42 heavy (non-hydrogen) atoms. The highest BCUT2D eigenvalue weighted by Gasteiger charge is 2.44. The van der Waals surface area contributed by atoms with Gasteiger partial charge in [0.25, 0.3) is 0 Å². The van der Waals surface area contributed by atoms with Crippen molar-refractivity contribution in [2.45, 2.75) is 36.7 Å². The number of amides is 1. The first-order valence-corrected chi connectivity index (χ1v) is 14.3. The highest BCUT2D eigenvalue weighted by molar-refractivity contribution is 7.89. The van der Waals surface area contributed by atoms with E-state index >= 15 is 0 Å². The van der Waals surface area contributed by atoms with Crippen LogP contribution in [0.5, 0.6) is 5.75 Å². The van der Waals surface area contributed by atoms with E-state index in [4.69, 9.17) is 0 Å². The molecular formula is C30H25F4N3O4S. The second-order valence-electron chi connectivity index (χ2n) is 9.80. The number of sulfonamides is 1. The van der Waals surface area contributed by atoms with Crippen molar-refractivity contribution >= 4 is 21.6 Å². The molecule has 2 atom stereocenters. The summed E-state index contributed by atoms with van der Waals surface area (Å²) >= 11 is 0. The number of nitrogens with zero attached hydrogens (tertiary/aromatic N) is 2. The van der Waals surface area contributed by atoms with Gasteiger partial charge in [-0.1, -0.05) is 30.3 Å². The fraction of sp³-hybridized carbons (Fsp3) is 0.200. The van der Waals surface area contributed by atoms with E-state index in [9.17, 15) is 30.8 Å². The highest BCUT2D eigenvalue weighted by Crippen LogP contribution is 2.47. The van der Waals surface area contributed by atoms with Gasteiger partial charge in [0, 0.05) is 42.7 Å². The summed E-state index contributed by atoms with van der Waals surface area (Å²) in [4.78, 5) is 16.6. The van der Waals surface area contributed by atoms with Gasteiger partial charge in [0.15, 0.2) is 0 Å². The predicted octanol–water partition coefficient (Wildman–Crippen LogP) is 6.25. The summed E-state index contributed by atoms with van der Waals surface area (Å²) < 4.78 is 85.1. The van der Waals surface area contributed by atoms with E-state index < -0.39 is 34.5 Å². The van der Waals surface area contributed by atoms with Gasteiger partial charge in [0.05, 0.1) is 4.90 Å². The highest BCUT2D eigenvalue weighted by atomic mass is 32.2. The van der Waals surface area contributed by atoms with E-state index in [-0.39, 0.29) is 34.7 Å². The van der Waals surface area contributed by atoms with Gasteiger partial charge >= 0.3 is 6.36 Å². The number of para-hydroxylation sites is 1. The molecule has 5 rings (SSSR count). The third-order valence-electron chi connectivity index (χ3n) is 6.84. The number of ether oxygens (including phenoxy) is 1. The van der Waals surface area contributed by atoms with Gasteiger partial charge in [-0.25, -0.2) is 12.8 Å². The molecule has 1 fully saturated rings. The van der Waals surface area contributed by atoms with Crippen LogP contribution in [0.2, 0.25) is 0 Å². The number of carbonyl (C=O) groups is 1. The van der Waals surface area contributed by atoms with Gasteiger partial charge in [-0.3, -0.25) is 9.78 Å². The van der Waals surface area contributed by atoms with Crippen LogP contribution in [-0.4, -0.2) is 30.0 Å². The molecule has 218 valence electrons. The Balaban J connectivity index is 1.36. The van der Waals surface area contributed by atoms with E-state index in [0.717, 1.165) is 28.1 Å². The van der Waals surface area contributed by atoms with E-state index in [1.54, 1.807) is 12.4 Å². The van der Waals surface area contributed by atoms with Crippen molar-refractivity contribution in [2.24, 2.45) is 5.92 Å². The maximum atomic E-state index is 13.8. The second-order valence-corrected chi connectivity index (χ2v) is 11.7. The molecule has 1 N–H and O–H groups in total. The van der Waals surface area contributed by atoms with Gasteiger partial charge in [0.2, 0.25) is 15.9 Å². The molecular weight excluding hydrogens is 574 g/mol. The van der Waals surface area contributed by atoms with E-state index in [0.29, 0.717) is 17.7 Å². The monoisotopic (exact) mass is 599 g/mol. The smallest absolute Gasteiger partial charge is 0.405 e. The van der Waals surface area contributed by atoms with E-state index in [2.05, 4.69) is 15.0 Å². The molecule has 12 heteroatoms. The maximum Gasteiger partial charge on any atom is 0.573 e. The zero-order valence-electron chi connectivity index (χ0n) is 22.0. The Kier molecular flexibility index (Phi) is 8.28. The van der Waals surface area contributed by atoms with Crippen molar-refractivity contribution in [3.8, 4) is 5.75 Å². The number of alkyl halides is 3. The molecule has 0 aliphatic heterocycles. The van der Waals surface area contributed by atoms with E-state index in [1.165, 1.54) is 54.6 Å². The number of rotatable bonds is 10. The Hall–Kier alpha value is -4.29. The number of nitrogens with one attached hydrogen (secondary N) is 1. The van der Waals surface area contributed by atoms with Crippen LogP contribution in [0.1, 0.15) is 29.0 Å². The molecule has 0 radical (unpaired) electrons. The third kappa shape index (κ3) is 7.12. The maximum absolute atomic E-state index is 13.8. The number of hydrogen-bond donors (Lipinski definition) is 1. The summed E-state index contributed by atoms with van der Waals surface area (Å²) in [6.07, 6.45) is -0.942. The third-order valence-corrected chi connectivity index (χ3v) is 8.64. The molecule has 2 unspecified atom stereocenters. The number of carbonyl (C=O) groups excluding carboxylic acids is 1. The Bertz CT molecular complexity index is 1650. The zero-order chi connectivity index (χ0) is 29.9. The van der Waals surface area contributed by atoms with Crippen LogP contribution in [0.25, 0.3) is 0 Å². The second kappa shape index (κ2) is 11.9. The summed E-state index contributed by atoms with van der Waals surface area (Å²) in [7, 11) is -4.28. The lowest BCUT2D eigenvalue weighted by atomic mass is 10.1. The summed E-state index contributed by atoms with van der Waals surface area (Å²) in [5.41, 5.74) is 1.83. The average Bonchev–Trinajstić information content (AvgIpc) is 3.76. The Morgan fingerprint density at radius 2 is 1.60 bits per heavy atom. The zero-order valence-corrected chi connectivity index (χ0v) is 22.8. The minimum absolute atomic E-state index is 0.0161. The molecule has 1 aromatic heterocycles. The normalized spacial score (nSPS) is 16.7. The molecule has 1 heterocycles. The van der Waals surface area contributed by atoms with Crippen molar-refractivity contribution in [2.75, 3.05) is 5.32 Å². The van der Waals surface area contributed by atoms with Crippen LogP contribution in [0, 0.1) is 11.7 Å². The van der Waals surface area contributed by atoms with Crippen LogP contribution in [0.15, 0.2) is 102 Å². The Morgan fingerprint density at radius 1 is 0.929 bits per heavy atom. The SMILES string of the molecule is O=C(Nc1ccc(S(=O)(=O)N(Cc2ccc(F)cc2)Cc2ccccc2OC(F)(F)F)cc1)C1CC1c1ccncc1. The molecule has 0 bridgehead atoms. The largest absolute Gasteiger partial charge is 0.573 e. The summed E-state index contributed by atoms with van der Waals surface area (Å²) in [5, 5.41) is 2.80. The molecule has 3 aromatic carbocycles. The molecule has 0 saturated heterocycles. The lowest BCUT2D eigenvalue weighted by Crippen LogP contribution is -2.31. The number of benzene rings is 3. The Morgan fingerprint density at radius 3 is 2.26 bits per heavy atom. The quantitative estimate of drug-likeness (QED) is 0.218. The first-order valence-electron chi connectivity index (χ1n) is 12.9. The minimum atomic E-state index is -4.98. The van der Waals surface area contributed by atoms with Crippen LogP contribution in [-0.2, 0) is 27.9 Å². The topological polar surface area (TPSA) is 88.6 Å². The fourth-order valence-corrected chi connectivity index (χ4v) is 6.03. The standard InChI is InChI=1S/C30H25F4N3O4S/c31-23-7-5-20(6-8-23)18-37(19-22-3-1-2-4-28(22)41-30(32,33)34)42(39,40)25-11-9-24(10-12-25)36-29(38)27-17-26(27)21-13-15-35-16-14-21/h1-16,26-27H,17-19H2,(H,36,38). The van der Waals surface area contributed by atoms with Crippen molar-refractivity contribution < 1.29 is 35.5 Å². The molecule has 1 aliphatic carbocycles. The molecule has 1 saturated carbocycles. The van der Waals surface area contributed by atoms with Gasteiger partial charge in [0.1, 0.15) is 11.6 Å². The first-order chi connectivity index (χ1) is 20.0. The van der Waals surface area contributed by atoms with Crippen LogP contribution >= 0.6 is 0 Å².